The summed E-state index contributed by atoms with van der Waals surface area (Å²) in [6.45, 7) is 2.59. The van der Waals surface area contributed by atoms with Crippen molar-refractivity contribution in [2.24, 2.45) is 5.41 Å². The Labute approximate surface area is 374 Å². The Morgan fingerprint density at radius 2 is 1.58 bits per heavy atom. The van der Waals surface area contributed by atoms with Crippen molar-refractivity contribution in [1.29, 1.82) is 0 Å². The Kier molecular flexibility index (Phi) is 22.8. The van der Waals surface area contributed by atoms with E-state index < -0.39 is 90.7 Å². The number of anilines is 1. The molecule has 1 aliphatic heterocycles. The maximum Gasteiger partial charge on any atom is 0.481 e. The summed E-state index contributed by atoms with van der Waals surface area (Å²) >= 11 is 0.995. The van der Waals surface area contributed by atoms with Crippen LogP contribution in [0, 0.1) is 5.41 Å². The third kappa shape index (κ3) is 19.4. The fourth-order valence-electron chi connectivity index (χ4n) is 6.34. The Bertz CT molecular complexity index is 1960. The van der Waals surface area contributed by atoms with Gasteiger partial charge in [-0.1, -0.05) is 90.3 Å². The first kappa shape index (κ1) is 55.8. The van der Waals surface area contributed by atoms with Crippen molar-refractivity contribution in [3.05, 3.63) is 12.7 Å². The lowest BCUT2D eigenvalue weighted by molar-refractivity contribution is -0.137. The van der Waals surface area contributed by atoms with E-state index in [-0.39, 0.29) is 53.8 Å². The molecule has 0 aromatic carbocycles. The third-order valence-electron chi connectivity index (χ3n) is 9.81. The standard InChI is InChI=1S/C35H62N7O18P3S/c1-4-5-6-7-8-9-10-11-12-13-23(43)18-26(45)64-17-16-37-25(44)14-15-38-33(48)30(47)35(2,3)20-57-63(54,55)60-62(52,53)56-19-24-29(59-61(49,50)51)28(46)34(58-24)42-22-41-27-31(36)39-21-40-32(27)42/h21-24,28-30,34,43,46-47H,4-20H2,1-3H3,(H,37,44)(H,38,48)(H,52,53)(H,54,55)(H2,36,39,40)(H2,49,50,51)/t23-,24+,28?,29-,30-,34+/m0/s1. The molecule has 2 amide bonds. The number of nitrogens with one attached hydrogen (secondary N) is 2. The molecule has 1 aliphatic rings. The van der Waals surface area contributed by atoms with Gasteiger partial charge in [0.1, 0.15) is 36.3 Å². The van der Waals surface area contributed by atoms with E-state index in [0.717, 1.165) is 48.2 Å². The average molecular weight is 994 g/mol. The van der Waals surface area contributed by atoms with E-state index >= 15 is 0 Å². The van der Waals surface area contributed by atoms with Crippen LogP contribution >= 0.6 is 35.2 Å². The number of thioether (sulfide) groups is 1. The number of ether oxygens (including phenoxy) is 1. The molecule has 3 unspecified atom stereocenters. The van der Waals surface area contributed by atoms with Crippen LogP contribution in [-0.2, 0) is 50.7 Å². The lowest BCUT2D eigenvalue weighted by atomic mass is 9.87. The van der Waals surface area contributed by atoms with E-state index in [1.165, 1.54) is 52.4 Å². The number of amides is 2. The Morgan fingerprint density at radius 1 is 0.938 bits per heavy atom. The van der Waals surface area contributed by atoms with Gasteiger partial charge in [0, 0.05) is 37.1 Å². The highest BCUT2D eigenvalue weighted by atomic mass is 32.2. The number of nitrogens with two attached hydrogens (primary N) is 1. The Hall–Kier alpha value is -2.48. The number of nitrogen functional groups attached to an aromatic ring is 1. The van der Waals surface area contributed by atoms with Crippen LogP contribution in [0.2, 0.25) is 0 Å². The first-order valence-corrected chi connectivity index (χ1v) is 26.2. The van der Waals surface area contributed by atoms with Crippen molar-refractivity contribution in [3.63, 3.8) is 0 Å². The molecule has 25 nitrogen and oxygen atoms in total. The number of hydrogen-bond donors (Lipinski definition) is 10. The number of aromatic nitrogens is 4. The molecule has 2 aromatic rings. The number of unbranched alkanes of at least 4 members (excludes halogenated alkanes) is 8. The number of carbonyl (C=O) groups excluding carboxylic acids is 3. The third-order valence-corrected chi connectivity index (χ3v) is 13.8. The van der Waals surface area contributed by atoms with Gasteiger partial charge in [0.2, 0.25) is 11.8 Å². The highest BCUT2D eigenvalue weighted by Crippen LogP contribution is 2.61. The second-order valence-corrected chi connectivity index (χ2v) is 21.2. The van der Waals surface area contributed by atoms with Gasteiger partial charge < -0.3 is 56.0 Å². The summed E-state index contributed by atoms with van der Waals surface area (Å²) in [4.78, 5) is 88.2. The number of imidazole rings is 1. The van der Waals surface area contributed by atoms with Crippen LogP contribution < -0.4 is 16.4 Å². The van der Waals surface area contributed by atoms with E-state index in [1.54, 1.807) is 0 Å². The SMILES string of the molecule is CCCCCCCCCCC[C@H](O)CC(=O)SCCNC(=O)CCNC(=O)[C@H](O)C(C)(C)COP(=O)(O)OP(=O)(O)OC[C@H]1O[C@@H](n2cnc3c(N)ncnc32)C(O)[C@H]1OP(=O)(O)O. The summed E-state index contributed by atoms with van der Waals surface area (Å²) in [6.07, 6.45) is 3.31. The van der Waals surface area contributed by atoms with E-state index in [4.69, 9.17) is 19.5 Å². The molecule has 2 aromatic heterocycles. The van der Waals surface area contributed by atoms with Gasteiger partial charge in [-0.2, -0.15) is 4.31 Å². The maximum absolute atomic E-state index is 12.7. The molecule has 1 saturated heterocycles. The highest BCUT2D eigenvalue weighted by molar-refractivity contribution is 8.13. The maximum atomic E-state index is 12.7. The molecule has 0 spiro atoms. The molecule has 3 rings (SSSR count). The van der Waals surface area contributed by atoms with Crippen LogP contribution in [0.3, 0.4) is 0 Å². The van der Waals surface area contributed by atoms with E-state index in [9.17, 15) is 63.0 Å². The summed E-state index contributed by atoms with van der Waals surface area (Å²) in [6, 6.07) is 0. The number of phosphoric acid groups is 3. The zero-order valence-electron chi connectivity index (χ0n) is 35.9. The van der Waals surface area contributed by atoms with Crippen LogP contribution in [0.15, 0.2) is 12.7 Å². The molecule has 0 saturated carbocycles. The molecule has 8 atom stereocenters. The first-order valence-electron chi connectivity index (χ1n) is 20.7. The molecule has 0 radical (unpaired) electrons. The number of nitrogens with zero attached hydrogens (tertiary/aromatic N) is 4. The van der Waals surface area contributed by atoms with Gasteiger partial charge in [-0.05, 0) is 6.42 Å². The van der Waals surface area contributed by atoms with Gasteiger partial charge in [-0.25, -0.2) is 28.6 Å². The molecular formula is C35H62N7O18P3S. The lowest BCUT2D eigenvalue weighted by Crippen LogP contribution is -2.46. The molecule has 64 heavy (non-hydrogen) atoms. The molecule has 0 bridgehead atoms. The van der Waals surface area contributed by atoms with Crippen LogP contribution in [0.4, 0.5) is 5.82 Å². The molecular weight excluding hydrogens is 931 g/mol. The largest absolute Gasteiger partial charge is 0.481 e. The Balaban J connectivity index is 1.36. The van der Waals surface area contributed by atoms with Crippen molar-refractivity contribution >= 4 is 69.1 Å². The smallest absolute Gasteiger partial charge is 0.393 e. The zero-order chi connectivity index (χ0) is 47.7. The van der Waals surface area contributed by atoms with Gasteiger partial charge >= 0.3 is 23.5 Å². The number of rotatable bonds is 31. The van der Waals surface area contributed by atoms with Crippen molar-refractivity contribution in [2.45, 2.75) is 135 Å². The second-order valence-electron chi connectivity index (χ2n) is 15.8. The molecule has 1 fully saturated rings. The summed E-state index contributed by atoms with van der Waals surface area (Å²) in [7, 11) is -16.4. The minimum atomic E-state index is -5.58. The van der Waals surface area contributed by atoms with Crippen LogP contribution in [0.1, 0.15) is 104 Å². The molecule has 366 valence electrons. The van der Waals surface area contributed by atoms with E-state index in [2.05, 4.69) is 41.3 Å². The van der Waals surface area contributed by atoms with Gasteiger partial charge in [-0.3, -0.25) is 32.5 Å². The topological polar surface area (TPSA) is 384 Å². The number of carbonyl (C=O) groups is 3. The van der Waals surface area contributed by atoms with E-state index in [0.29, 0.717) is 6.42 Å². The second kappa shape index (κ2) is 26.2. The molecule has 11 N–H and O–H groups in total. The van der Waals surface area contributed by atoms with Crippen LogP contribution in [0.5, 0.6) is 0 Å². The molecule has 3 heterocycles. The van der Waals surface area contributed by atoms with E-state index in [1.807, 2.05) is 0 Å². The first-order chi connectivity index (χ1) is 29.9. The van der Waals surface area contributed by atoms with Crippen molar-refractivity contribution in [1.82, 2.24) is 30.2 Å². The van der Waals surface area contributed by atoms with Crippen molar-refractivity contribution in [3.8, 4) is 0 Å². The summed E-state index contributed by atoms with van der Waals surface area (Å²) < 4.78 is 62.3. The Morgan fingerprint density at radius 3 is 2.23 bits per heavy atom. The van der Waals surface area contributed by atoms with Crippen LogP contribution in [0.25, 0.3) is 11.2 Å². The predicted octanol–water partition coefficient (Wildman–Crippen LogP) is 2.34. The number of phosphoric ester groups is 3. The van der Waals surface area contributed by atoms with Gasteiger partial charge in [0.05, 0.1) is 25.6 Å². The number of fused-ring (bicyclic) bond motifs is 1. The van der Waals surface area contributed by atoms with Gasteiger partial charge in [0.15, 0.2) is 22.8 Å². The summed E-state index contributed by atoms with van der Waals surface area (Å²) in [5, 5.41) is 36.5. The molecule has 29 heteroatoms. The molecule has 0 aliphatic carbocycles. The fraction of sp³-hybridized carbons (Fsp3) is 0.771. The average Bonchev–Trinajstić information content (AvgIpc) is 3.76. The predicted molar refractivity (Wildman–Crippen MR) is 230 cm³/mol. The van der Waals surface area contributed by atoms with Gasteiger partial charge in [-0.15, -0.1) is 0 Å². The monoisotopic (exact) mass is 993 g/mol. The number of aliphatic hydroxyl groups is 3. The quantitative estimate of drug-likeness (QED) is 0.0383. The van der Waals surface area contributed by atoms with Crippen molar-refractivity contribution < 1.29 is 85.6 Å². The summed E-state index contributed by atoms with van der Waals surface area (Å²) in [5.74, 6) is -1.22. The lowest BCUT2D eigenvalue weighted by Gasteiger charge is -2.30. The van der Waals surface area contributed by atoms with Gasteiger partial charge in [0.25, 0.3) is 0 Å². The van der Waals surface area contributed by atoms with Crippen LogP contribution in [-0.4, -0.2) is 134 Å². The minimum Gasteiger partial charge on any atom is -0.393 e. The zero-order valence-corrected chi connectivity index (χ0v) is 39.4. The number of aliphatic hydroxyl groups excluding tert-OH is 3. The normalized spacial score (nSPS) is 21.0. The number of hydrogen-bond acceptors (Lipinski definition) is 19. The minimum absolute atomic E-state index is 0.0253. The highest BCUT2D eigenvalue weighted by Gasteiger charge is 2.50. The summed E-state index contributed by atoms with van der Waals surface area (Å²) in [5.41, 5.74) is 4.25. The fourth-order valence-corrected chi connectivity index (χ4v) is 9.91. The van der Waals surface area contributed by atoms with Crippen molar-refractivity contribution in [2.75, 3.05) is 37.8 Å².